The zero-order chi connectivity index (χ0) is 9.14. The molecule has 1 aromatic heterocycles. The first-order valence-corrected chi connectivity index (χ1v) is 3.70. The van der Waals surface area contributed by atoms with Crippen LogP contribution in [-0.4, -0.2) is 14.9 Å². The number of aliphatic hydroxyl groups excluding tert-OH is 1. The van der Waals surface area contributed by atoms with Crippen LogP contribution in [0.2, 0.25) is 0 Å². The molecular weight excluding hydrogens is 154 g/mol. The van der Waals surface area contributed by atoms with Crippen molar-refractivity contribution in [1.82, 2.24) is 9.78 Å². The molecule has 0 fully saturated rings. The van der Waals surface area contributed by atoms with Crippen molar-refractivity contribution in [2.75, 3.05) is 0 Å². The van der Waals surface area contributed by atoms with E-state index in [0.29, 0.717) is 0 Å². The summed E-state index contributed by atoms with van der Waals surface area (Å²) in [4.78, 5) is 0. The summed E-state index contributed by atoms with van der Waals surface area (Å²) in [6.45, 7) is 1.82. The van der Waals surface area contributed by atoms with E-state index in [1.165, 1.54) is 0 Å². The van der Waals surface area contributed by atoms with E-state index < -0.39 is 6.10 Å². The molecule has 1 N–H and O–H groups in total. The Morgan fingerprint density at radius 1 is 1.83 bits per heavy atom. The Morgan fingerprint density at radius 3 is 2.92 bits per heavy atom. The molecule has 4 heteroatoms. The first-order chi connectivity index (χ1) is 5.65. The van der Waals surface area contributed by atoms with Crippen molar-refractivity contribution in [3.8, 4) is 6.07 Å². The lowest BCUT2D eigenvalue weighted by atomic mass is 10.1. The standard InChI is InChI=1S/C8H11N3O/c1-6-7(5-11(2)10-6)8(12)3-4-9/h5,8,12H,3H2,1-2H3. The van der Waals surface area contributed by atoms with Gasteiger partial charge in [-0.15, -0.1) is 0 Å². The van der Waals surface area contributed by atoms with Crippen LogP contribution in [0.3, 0.4) is 0 Å². The van der Waals surface area contributed by atoms with E-state index in [9.17, 15) is 5.11 Å². The van der Waals surface area contributed by atoms with E-state index in [1.54, 1.807) is 17.9 Å². The molecule has 0 saturated carbocycles. The van der Waals surface area contributed by atoms with Crippen LogP contribution >= 0.6 is 0 Å². The molecule has 0 bridgehead atoms. The van der Waals surface area contributed by atoms with Crippen LogP contribution in [0, 0.1) is 18.3 Å². The smallest absolute Gasteiger partial charge is 0.0952 e. The molecule has 1 unspecified atom stereocenters. The summed E-state index contributed by atoms with van der Waals surface area (Å²) in [5, 5.41) is 21.9. The van der Waals surface area contributed by atoms with Gasteiger partial charge in [0.25, 0.3) is 0 Å². The highest BCUT2D eigenvalue weighted by molar-refractivity contribution is 5.19. The number of nitrogens with zero attached hydrogens (tertiary/aromatic N) is 3. The molecule has 0 aromatic carbocycles. The Balaban J connectivity index is 2.88. The lowest BCUT2D eigenvalue weighted by Crippen LogP contribution is -1.95. The number of hydrogen-bond donors (Lipinski definition) is 1. The first-order valence-electron chi connectivity index (χ1n) is 3.70. The number of aliphatic hydroxyl groups is 1. The second-order valence-corrected chi connectivity index (χ2v) is 2.72. The third-order valence-corrected chi connectivity index (χ3v) is 1.70. The van der Waals surface area contributed by atoms with Crippen LogP contribution in [0.15, 0.2) is 6.20 Å². The fourth-order valence-electron chi connectivity index (χ4n) is 1.14. The molecule has 1 heterocycles. The molecule has 0 aliphatic rings. The maximum Gasteiger partial charge on any atom is 0.0952 e. The van der Waals surface area contributed by atoms with Gasteiger partial charge in [-0.2, -0.15) is 10.4 Å². The van der Waals surface area contributed by atoms with Crippen molar-refractivity contribution in [2.45, 2.75) is 19.4 Å². The molecule has 0 saturated heterocycles. The summed E-state index contributed by atoms with van der Waals surface area (Å²) < 4.78 is 1.63. The topological polar surface area (TPSA) is 61.8 Å². The SMILES string of the molecule is Cc1nn(C)cc1C(O)CC#N. The van der Waals surface area contributed by atoms with Crippen molar-refractivity contribution >= 4 is 0 Å². The van der Waals surface area contributed by atoms with Crippen LogP contribution in [0.25, 0.3) is 0 Å². The third kappa shape index (κ3) is 1.63. The highest BCUT2D eigenvalue weighted by Crippen LogP contribution is 2.18. The highest BCUT2D eigenvalue weighted by Gasteiger charge is 2.12. The lowest BCUT2D eigenvalue weighted by molar-refractivity contribution is 0.182. The predicted molar refractivity (Wildman–Crippen MR) is 43.1 cm³/mol. The minimum Gasteiger partial charge on any atom is -0.387 e. The maximum atomic E-state index is 9.44. The minimum absolute atomic E-state index is 0.118. The molecule has 4 nitrogen and oxygen atoms in total. The molecule has 12 heavy (non-hydrogen) atoms. The summed E-state index contributed by atoms with van der Waals surface area (Å²) in [7, 11) is 1.79. The van der Waals surface area contributed by atoms with Gasteiger partial charge in [0.2, 0.25) is 0 Å². The Labute approximate surface area is 71.1 Å². The van der Waals surface area contributed by atoms with E-state index in [1.807, 2.05) is 13.0 Å². The van der Waals surface area contributed by atoms with E-state index >= 15 is 0 Å². The molecule has 0 radical (unpaired) electrons. The van der Waals surface area contributed by atoms with Gasteiger partial charge in [-0.25, -0.2) is 0 Å². The van der Waals surface area contributed by atoms with Crippen molar-refractivity contribution in [2.24, 2.45) is 7.05 Å². The van der Waals surface area contributed by atoms with Crippen LogP contribution in [0.1, 0.15) is 23.8 Å². The normalized spacial score (nSPS) is 12.5. The Hall–Kier alpha value is -1.34. The molecule has 0 aliphatic carbocycles. The van der Waals surface area contributed by atoms with E-state index in [2.05, 4.69) is 5.10 Å². The zero-order valence-corrected chi connectivity index (χ0v) is 7.15. The summed E-state index contributed by atoms with van der Waals surface area (Å²) >= 11 is 0. The van der Waals surface area contributed by atoms with Crippen LogP contribution in [-0.2, 0) is 7.05 Å². The fraction of sp³-hybridized carbons (Fsp3) is 0.500. The largest absolute Gasteiger partial charge is 0.387 e. The number of nitriles is 1. The third-order valence-electron chi connectivity index (χ3n) is 1.70. The Bertz CT molecular complexity index is 311. The van der Waals surface area contributed by atoms with Gasteiger partial charge in [0, 0.05) is 18.8 Å². The predicted octanol–water partition coefficient (Wildman–Crippen LogP) is 0.676. The second-order valence-electron chi connectivity index (χ2n) is 2.72. The van der Waals surface area contributed by atoms with Gasteiger partial charge in [-0.3, -0.25) is 4.68 Å². The summed E-state index contributed by atoms with van der Waals surface area (Å²) in [6.07, 6.45) is 1.15. The molecule has 0 aliphatic heterocycles. The van der Waals surface area contributed by atoms with Gasteiger partial charge in [-0.05, 0) is 6.92 Å². The average molecular weight is 165 g/mol. The highest BCUT2D eigenvalue weighted by atomic mass is 16.3. The number of aryl methyl sites for hydroxylation is 2. The van der Waals surface area contributed by atoms with Gasteiger partial charge < -0.3 is 5.11 Å². The fourth-order valence-corrected chi connectivity index (χ4v) is 1.14. The minimum atomic E-state index is -0.705. The van der Waals surface area contributed by atoms with Gasteiger partial charge in [-0.1, -0.05) is 0 Å². The number of aromatic nitrogens is 2. The number of hydrogen-bond acceptors (Lipinski definition) is 3. The monoisotopic (exact) mass is 165 g/mol. The van der Waals surface area contributed by atoms with Crippen molar-refractivity contribution in [3.05, 3.63) is 17.5 Å². The molecule has 1 atom stereocenters. The maximum absolute atomic E-state index is 9.44. The zero-order valence-electron chi connectivity index (χ0n) is 7.15. The van der Waals surface area contributed by atoms with E-state index in [4.69, 9.17) is 5.26 Å². The van der Waals surface area contributed by atoms with E-state index in [0.717, 1.165) is 11.3 Å². The molecule has 64 valence electrons. The quantitative estimate of drug-likeness (QED) is 0.700. The van der Waals surface area contributed by atoms with Gasteiger partial charge in [0.05, 0.1) is 24.3 Å². The molecule has 1 aromatic rings. The summed E-state index contributed by atoms with van der Waals surface area (Å²) in [6, 6.07) is 1.92. The van der Waals surface area contributed by atoms with Crippen molar-refractivity contribution in [3.63, 3.8) is 0 Å². The molecule has 0 amide bonds. The second kappa shape index (κ2) is 3.37. The lowest BCUT2D eigenvalue weighted by Gasteiger charge is -2.02. The van der Waals surface area contributed by atoms with Crippen LogP contribution in [0.4, 0.5) is 0 Å². The average Bonchev–Trinajstić information content (AvgIpc) is 2.30. The summed E-state index contributed by atoms with van der Waals surface area (Å²) in [5.74, 6) is 0. The number of rotatable bonds is 2. The van der Waals surface area contributed by atoms with Gasteiger partial charge in [0.15, 0.2) is 0 Å². The van der Waals surface area contributed by atoms with Crippen LogP contribution in [0.5, 0.6) is 0 Å². The van der Waals surface area contributed by atoms with Gasteiger partial charge in [0.1, 0.15) is 0 Å². The summed E-state index contributed by atoms with van der Waals surface area (Å²) in [5.41, 5.74) is 1.51. The Kier molecular flexibility index (Phi) is 2.46. The Morgan fingerprint density at radius 2 is 2.50 bits per heavy atom. The van der Waals surface area contributed by atoms with Gasteiger partial charge >= 0.3 is 0 Å². The molecule has 0 spiro atoms. The van der Waals surface area contributed by atoms with Crippen LogP contribution < -0.4 is 0 Å². The molecule has 1 rings (SSSR count). The molecular formula is C8H11N3O. The van der Waals surface area contributed by atoms with Crippen molar-refractivity contribution < 1.29 is 5.11 Å². The van der Waals surface area contributed by atoms with Crippen molar-refractivity contribution in [1.29, 1.82) is 5.26 Å². The van der Waals surface area contributed by atoms with E-state index in [-0.39, 0.29) is 6.42 Å². The first kappa shape index (κ1) is 8.75.